The second-order valence-corrected chi connectivity index (χ2v) is 11.4. The van der Waals surface area contributed by atoms with E-state index in [0.29, 0.717) is 67.9 Å². The van der Waals surface area contributed by atoms with Gasteiger partial charge < -0.3 is 19.6 Å². The Balaban J connectivity index is 1.07. The van der Waals surface area contributed by atoms with Gasteiger partial charge in [0.15, 0.2) is 0 Å². The van der Waals surface area contributed by atoms with Gasteiger partial charge in [0.2, 0.25) is 5.91 Å². The zero-order valence-corrected chi connectivity index (χ0v) is 22.4. The number of pyridine rings is 2. The monoisotopic (exact) mass is 546 g/mol. The van der Waals surface area contributed by atoms with Gasteiger partial charge in [0, 0.05) is 38.3 Å². The van der Waals surface area contributed by atoms with Crippen molar-refractivity contribution in [2.24, 2.45) is 17.8 Å². The molecule has 3 aliphatic rings. The van der Waals surface area contributed by atoms with E-state index in [2.05, 4.69) is 9.97 Å². The van der Waals surface area contributed by atoms with E-state index in [4.69, 9.17) is 4.74 Å². The van der Waals surface area contributed by atoms with Crippen LogP contribution in [0.5, 0.6) is 5.75 Å². The third-order valence-corrected chi connectivity index (χ3v) is 8.89. The van der Waals surface area contributed by atoms with Crippen molar-refractivity contribution in [1.82, 2.24) is 14.9 Å². The Hall–Kier alpha value is -2.88. The number of carbonyl (C=O) groups excluding carboxylic acids is 1. The molecule has 0 bridgehead atoms. The van der Waals surface area contributed by atoms with Crippen LogP contribution in [-0.2, 0) is 16.6 Å². The van der Waals surface area contributed by atoms with E-state index in [9.17, 15) is 23.1 Å². The van der Waals surface area contributed by atoms with Gasteiger partial charge in [0.05, 0.1) is 24.6 Å². The van der Waals surface area contributed by atoms with Gasteiger partial charge in [-0.3, -0.25) is 9.78 Å². The standard InChI is InChI=1S/C29H37F3N4O3/c1-39-24-2-3-25(34-18-24)28(38)10-4-20(5-11-28)16-21-7-13-36(19-21)27(37)22-8-14-35(15-9-22)26-17-23(6-12-33-26)29(30,31)32/h2-3,6,12,17-18,20-22,38H,4-5,7-11,13-16,19H2,1H3/t20?,21-,28?/m1/s1. The molecule has 2 aromatic heterocycles. The number of ether oxygens (including phenoxy) is 1. The number of anilines is 1. The Morgan fingerprint density at radius 3 is 2.44 bits per heavy atom. The molecule has 4 heterocycles. The lowest BCUT2D eigenvalue weighted by atomic mass is 9.74. The normalized spacial score (nSPS) is 26.6. The first-order valence-corrected chi connectivity index (χ1v) is 13.9. The average Bonchev–Trinajstić information content (AvgIpc) is 3.42. The summed E-state index contributed by atoms with van der Waals surface area (Å²) in [5.41, 5.74) is -0.887. The molecule has 1 atom stereocenters. The first-order chi connectivity index (χ1) is 18.6. The van der Waals surface area contributed by atoms with Crippen LogP contribution in [0.15, 0.2) is 36.7 Å². The van der Waals surface area contributed by atoms with Crippen LogP contribution < -0.4 is 9.64 Å². The molecule has 10 heteroatoms. The highest BCUT2D eigenvalue weighted by Crippen LogP contribution is 2.42. The van der Waals surface area contributed by atoms with E-state index in [1.807, 2.05) is 21.9 Å². The summed E-state index contributed by atoms with van der Waals surface area (Å²) in [7, 11) is 1.60. The maximum atomic E-state index is 13.2. The van der Waals surface area contributed by atoms with Crippen molar-refractivity contribution in [3.05, 3.63) is 47.9 Å². The fourth-order valence-electron chi connectivity index (χ4n) is 6.50. The minimum atomic E-state index is -4.40. The molecule has 7 nitrogen and oxygen atoms in total. The van der Waals surface area contributed by atoms with Crippen molar-refractivity contribution in [1.29, 1.82) is 0 Å². The number of nitrogens with zero attached hydrogens (tertiary/aromatic N) is 4. The molecule has 2 saturated heterocycles. The van der Waals surface area contributed by atoms with Crippen molar-refractivity contribution < 1.29 is 27.8 Å². The topological polar surface area (TPSA) is 78.8 Å². The van der Waals surface area contributed by atoms with Crippen LogP contribution in [-0.4, -0.2) is 59.2 Å². The molecule has 0 aromatic carbocycles. The van der Waals surface area contributed by atoms with Crippen LogP contribution in [0.1, 0.15) is 62.6 Å². The van der Waals surface area contributed by atoms with Crippen LogP contribution in [0, 0.1) is 17.8 Å². The number of aliphatic hydroxyl groups is 1. The summed E-state index contributed by atoms with van der Waals surface area (Å²) in [6, 6.07) is 5.75. The number of hydrogen-bond acceptors (Lipinski definition) is 6. The van der Waals surface area contributed by atoms with Crippen molar-refractivity contribution in [3.63, 3.8) is 0 Å². The zero-order valence-electron chi connectivity index (χ0n) is 22.4. The van der Waals surface area contributed by atoms with Crippen LogP contribution >= 0.6 is 0 Å². The van der Waals surface area contributed by atoms with Crippen molar-refractivity contribution in [2.45, 2.75) is 63.1 Å². The highest BCUT2D eigenvalue weighted by molar-refractivity contribution is 5.79. The second kappa shape index (κ2) is 11.3. The zero-order chi connectivity index (χ0) is 27.6. The molecular formula is C29H37F3N4O3. The third kappa shape index (κ3) is 6.31. The molecule has 0 unspecified atom stereocenters. The Morgan fingerprint density at radius 2 is 1.79 bits per heavy atom. The Labute approximate surface area is 227 Å². The molecule has 3 fully saturated rings. The summed E-state index contributed by atoms with van der Waals surface area (Å²) in [5, 5.41) is 11.2. The summed E-state index contributed by atoms with van der Waals surface area (Å²) in [6.45, 7) is 2.59. The molecule has 212 valence electrons. The van der Waals surface area contributed by atoms with E-state index in [1.54, 1.807) is 13.3 Å². The van der Waals surface area contributed by atoms with Gasteiger partial charge in [-0.2, -0.15) is 13.2 Å². The smallest absolute Gasteiger partial charge is 0.416 e. The van der Waals surface area contributed by atoms with Crippen LogP contribution in [0.3, 0.4) is 0 Å². The number of amides is 1. The van der Waals surface area contributed by atoms with Crippen LogP contribution in [0.4, 0.5) is 19.0 Å². The fraction of sp³-hybridized carbons (Fsp3) is 0.621. The number of likely N-dealkylation sites (tertiary alicyclic amines) is 1. The van der Waals surface area contributed by atoms with Gasteiger partial charge in [-0.15, -0.1) is 0 Å². The number of carbonyl (C=O) groups is 1. The summed E-state index contributed by atoms with van der Waals surface area (Å²) >= 11 is 0. The van der Waals surface area contributed by atoms with Crippen molar-refractivity contribution in [3.8, 4) is 5.75 Å². The van der Waals surface area contributed by atoms with Gasteiger partial charge in [-0.05, 0) is 87.5 Å². The molecule has 0 radical (unpaired) electrons. The molecule has 1 amide bonds. The SMILES string of the molecule is COc1ccc(C2(O)CCC(C[C@H]3CCN(C(=O)C4CCN(c5cc(C(F)(F)F)ccn5)CC4)C3)CC2)nc1. The number of methoxy groups -OCH3 is 1. The molecule has 0 spiro atoms. The van der Waals surface area contributed by atoms with E-state index in [1.165, 1.54) is 6.20 Å². The molecule has 2 aromatic rings. The number of piperidine rings is 1. The molecular weight excluding hydrogens is 509 g/mol. The van der Waals surface area contributed by atoms with Gasteiger partial charge in [0.1, 0.15) is 17.2 Å². The molecule has 1 N–H and O–H groups in total. The van der Waals surface area contributed by atoms with E-state index >= 15 is 0 Å². The van der Waals surface area contributed by atoms with E-state index < -0.39 is 17.3 Å². The minimum absolute atomic E-state index is 0.0903. The fourth-order valence-corrected chi connectivity index (χ4v) is 6.50. The Morgan fingerprint density at radius 1 is 1.05 bits per heavy atom. The predicted molar refractivity (Wildman–Crippen MR) is 140 cm³/mol. The van der Waals surface area contributed by atoms with E-state index in [0.717, 1.165) is 50.9 Å². The van der Waals surface area contributed by atoms with Gasteiger partial charge in [-0.25, -0.2) is 4.98 Å². The lowest BCUT2D eigenvalue weighted by Gasteiger charge is -2.36. The van der Waals surface area contributed by atoms with Gasteiger partial charge in [-0.1, -0.05) is 0 Å². The van der Waals surface area contributed by atoms with E-state index in [-0.39, 0.29) is 11.8 Å². The summed E-state index contributed by atoms with van der Waals surface area (Å²) < 4.78 is 44.4. The largest absolute Gasteiger partial charge is 0.495 e. The molecule has 5 rings (SSSR count). The highest BCUT2D eigenvalue weighted by atomic mass is 19.4. The Kier molecular flexibility index (Phi) is 8.03. The molecule has 2 aliphatic heterocycles. The van der Waals surface area contributed by atoms with Crippen molar-refractivity contribution >= 4 is 11.7 Å². The third-order valence-electron chi connectivity index (χ3n) is 8.89. The minimum Gasteiger partial charge on any atom is -0.495 e. The predicted octanol–water partition coefficient (Wildman–Crippen LogP) is 5.04. The highest BCUT2D eigenvalue weighted by Gasteiger charge is 2.39. The van der Waals surface area contributed by atoms with Gasteiger partial charge in [0.25, 0.3) is 0 Å². The first kappa shape index (κ1) is 27.7. The maximum absolute atomic E-state index is 13.2. The number of aromatic nitrogens is 2. The Bertz CT molecular complexity index is 1130. The van der Waals surface area contributed by atoms with Crippen molar-refractivity contribution in [2.75, 3.05) is 38.2 Å². The number of hydrogen-bond donors (Lipinski definition) is 1. The van der Waals surface area contributed by atoms with Crippen LogP contribution in [0.2, 0.25) is 0 Å². The summed E-state index contributed by atoms with van der Waals surface area (Å²) in [6.07, 6.45) is 5.01. The molecule has 1 saturated carbocycles. The first-order valence-electron chi connectivity index (χ1n) is 13.9. The van der Waals surface area contributed by atoms with Crippen LogP contribution in [0.25, 0.3) is 0 Å². The number of rotatable bonds is 6. The lowest BCUT2D eigenvalue weighted by molar-refractivity contribution is -0.137. The summed E-state index contributed by atoms with van der Waals surface area (Å²) in [4.78, 5) is 25.6. The summed E-state index contributed by atoms with van der Waals surface area (Å²) in [5.74, 6) is 2.09. The lowest BCUT2D eigenvalue weighted by Crippen LogP contribution is -2.42. The number of alkyl halides is 3. The number of halogens is 3. The quantitative estimate of drug-likeness (QED) is 0.547. The van der Waals surface area contributed by atoms with Gasteiger partial charge >= 0.3 is 6.18 Å². The molecule has 1 aliphatic carbocycles. The second-order valence-electron chi connectivity index (χ2n) is 11.4. The maximum Gasteiger partial charge on any atom is 0.416 e. The average molecular weight is 547 g/mol. The molecule has 39 heavy (non-hydrogen) atoms.